The van der Waals surface area contributed by atoms with E-state index in [1.165, 1.54) is 5.56 Å². The lowest BCUT2D eigenvalue weighted by Crippen LogP contribution is -2.45. The molecule has 1 aromatic carbocycles. The highest BCUT2D eigenvalue weighted by atomic mass is 16.2. The number of anilines is 1. The van der Waals surface area contributed by atoms with E-state index in [-0.39, 0.29) is 5.91 Å². The average Bonchev–Trinajstić information content (AvgIpc) is 3.28. The van der Waals surface area contributed by atoms with Crippen molar-refractivity contribution in [2.24, 2.45) is 0 Å². The van der Waals surface area contributed by atoms with Gasteiger partial charge in [-0.2, -0.15) is 5.10 Å². The summed E-state index contributed by atoms with van der Waals surface area (Å²) >= 11 is 0. The van der Waals surface area contributed by atoms with Crippen LogP contribution in [0.25, 0.3) is 16.8 Å². The molecule has 1 amide bonds. The van der Waals surface area contributed by atoms with E-state index in [1.54, 1.807) is 0 Å². The number of carbonyl (C=O) groups excluding carboxylic acids is 1. The summed E-state index contributed by atoms with van der Waals surface area (Å²) < 4.78 is 1.91. The molecule has 1 unspecified atom stereocenters. The molecule has 0 radical (unpaired) electrons. The van der Waals surface area contributed by atoms with Crippen LogP contribution in [0.5, 0.6) is 0 Å². The SMILES string of the molecule is CC(C)c1cnn2ccc(-c3ccnc(Cc4ccc(N5CCC(N(C)C)CC5=O)cc4)n3)cc12. The number of carbonyl (C=O) groups is 1. The Morgan fingerprint density at radius 2 is 1.91 bits per heavy atom. The van der Waals surface area contributed by atoms with Crippen molar-refractivity contribution < 1.29 is 4.79 Å². The second kappa shape index (κ2) is 9.58. The van der Waals surface area contributed by atoms with Crippen LogP contribution < -0.4 is 4.90 Å². The van der Waals surface area contributed by atoms with E-state index < -0.39 is 0 Å². The molecule has 0 saturated carbocycles. The summed E-state index contributed by atoms with van der Waals surface area (Å²) in [6, 6.07) is 14.7. The number of benzene rings is 1. The molecule has 7 heteroatoms. The smallest absolute Gasteiger partial charge is 0.228 e. The topological polar surface area (TPSA) is 66.6 Å². The number of hydrogen-bond donors (Lipinski definition) is 0. The molecule has 1 atom stereocenters. The first-order chi connectivity index (χ1) is 16.9. The van der Waals surface area contributed by atoms with Crippen LogP contribution in [0.3, 0.4) is 0 Å². The minimum atomic E-state index is 0.189. The standard InChI is InChI=1S/C28H32N6O/c1-19(2)24-18-30-34-14-10-21(16-26(24)34)25-9-12-29-27(31-25)15-20-5-7-22(8-6-20)33-13-11-23(32(3)4)17-28(33)35/h5-10,12,14,16,18-19,23H,11,13,15,17H2,1-4H3. The molecular formula is C28H32N6O. The van der Waals surface area contributed by atoms with Crippen LogP contribution in [0.15, 0.2) is 61.1 Å². The van der Waals surface area contributed by atoms with Crippen LogP contribution in [0.2, 0.25) is 0 Å². The van der Waals surface area contributed by atoms with Crippen LogP contribution in [-0.4, -0.2) is 57.1 Å². The summed E-state index contributed by atoms with van der Waals surface area (Å²) in [5.74, 6) is 1.37. The molecule has 0 aliphatic carbocycles. The zero-order valence-electron chi connectivity index (χ0n) is 20.8. The fourth-order valence-corrected chi connectivity index (χ4v) is 4.76. The zero-order chi connectivity index (χ0) is 24.5. The predicted molar refractivity (Wildman–Crippen MR) is 139 cm³/mol. The van der Waals surface area contributed by atoms with Gasteiger partial charge in [-0.15, -0.1) is 0 Å². The predicted octanol–water partition coefficient (Wildman–Crippen LogP) is 4.56. The Kier molecular flexibility index (Phi) is 6.34. The summed E-state index contributed by atoms with van der Waals surface area (Å²) in [4.78, 5) is 26.1. The van der Waals surface area contributed by atoms with Gasteiger partial charge in [0.15, 0.2) is 0 Å². The molecule has 1 aliphatic heterocycles. The molecule has 7 nitrogen and oxygen atoms in total. The first-order valence-corrected chi connectivity index (χ1v) is 12.2. The summed E-state index contributed by atoms with van der Waals surface area (Å²) in [6.45, 7) is 5.12. The molecule has 5 rings (SSSR count). The Bertz CT molecular complexity index is 1340. The summed E-state index contributed by atoms with van der Waals surface area (Å²) in [7, 11) is 4.08. The lowest BCUT2D eigenvalue weighted by molar-refractivity contribution is -0.120. The lowest BCUT2D eigenvalue weighted by Gasteiger charge is -2.34. The maximum atomic E-state index is 12.7. The molecule has 0 N–H and O–H groups in total. The maximum Gasteiger partial charge on any atom is 0.228 e. The van der Waals surface area contributed by atoms with Gasteiger partial charge in [0.2, 0.25) is 5.91 Å². The molecule has 1 fully saturated rings. The van der Waals surface area contributed by atoms with Crippen LogP contribution in [0.4, 0.5) is 5.69 Å². The van der Waals surface area contributed by atoms with Crippen LogP contribution in [-0.2, 0) is 11.2 Å². The van der Waals surface area contributed by atoms with E-state index in [0.29, 0.717) is 24.8 Å². The molecular weight excluding hydrogens is 436 g/mol. The van der Waals surface area contributed by atoms with Crippen molar-refractivity contribution in [2.45, 2.75) is 45.1 Å². The van der Waals surface area contributed by atoms with Crippen molar-refractivity contribution in [2.75, 3.05) is 25.5 Å². The Balaban J connectivity index is 1.32. The third-order valence-electron chi connectivity index (χ3n) is 6.91. The Morgan fingerprint density at radius 1 is 1.11 bits per heavy atom. The quantitative estimate of drug-likeness (QED) is 0.415. The average molecular weight is 469 g/mol. The van der Waals surface area contributed by atoms with E-state index >= 15 is 0 Å². The largest absolute Gasteiger partial charge is 0.312 e. The third-order valence-corrected chi connectivity index (χ3v) is 6.91. The molecule has 3 aromatic heterocycles. The van der Waals surface area contributed by atoms with Gasteiger partial charge in [0.25, 0.3) is 0 Å². The Labute approximate surface area is 206 Å². The van der Waals surface area contributed by atoms with Gasteiger partial charge < -0.3 is 9.80 Å². The molecule has 4 heterocycles. The van der Waals surface area contributed by atoms with E-state index in [9.17, 15) is 4.79 Å². The molecule has 4 aromatic rings. The summed E-state index contributed by atoms with van der Waals surface area (Å²) in [5, 5.41) is 4.46. The monoisotopic (exact) mass is 468 g/mol. The van der Waals surface area contributed by atoms with Crippen molar-refractivity contribution in [3.63, 3.8) is 0 Å². The number of amides is 1. The van der Waals surface area contributed by atoms with Crippen molar-refractivity contribution in [3.05, 3.63) is 78.0 Å². The first kappa shape index (κ1) is 23.2. The molecule has 0 spiro atoms. The van der Waals surface area contributed by atoms with Crippen molar-refractivity contribution in [3.8, 4) is 11.3 Å². The highest BCUT2D eigenvalue weighted by molar-refractivity contribution is 5.94. The number of aromatic nitrogens is 4. The van der Waals surface area contributed by atoms with Gasteiger partial charge in [-0.1, -0.05) is 26.0 Å². The van der Waals surface area contributed by atoms with Crippen molar-refractivity contribution >= 4 is 17.1 Å². The highest BCUT2D eigenvalue weighted by Crippen LogP contribution is 2.26. The fraction of sp³-hybridized carbons (Fsp3) is 0.357. The Hall–Kier alpha value is -3.58. The summed E-state index contributed by atoms with van der Waals surface area (Å²) in [6.07, 6.45) is 7.95. The van der Waals surface area contributed by atoms with Crippen LogP contribution in [0, 0.1) is 0 Å². The van der Waals surface area contributed by atoms with E-state index in [2.05, 4.69) is 47.0 Å². The van der Waals surface area contributed by atoms with Crippen LogP contribution >= 0.6 is 0 Å². The second-order valence-corrected chi connectivity index (χ2v) is 9.86. The van der Waals surface area contributed by atoms with Gasteiger partial charge in [-0.25, -0.2) is 14.5 Å². The van der Waals surface area contributed by atoms with E-state index in [0.717, 1.165) is 46.8 Å². The number of hydrogen-bond acceptors (Lipinski definition) is 5. The number of rotatable bonds is 6. The van der Waals surface area contributed by atoms with Gasteiger partial charge in [0.05, 0.1) is 17.4 Å². The van der Waals surface area contributed by atoms with Gasteiger partial charge in [-0.3, -0.25) is 4.79 Å². The molecule has 1 saturated heterocycles. The fourth-order valence-electron chi connectivity index (χ4n) is 4.76. The van der Waals surface area contributed by atoms with Gasteiger partial charge in [-0.05, 0) is 62.3 Å². The zero-order valence-corrected chi connectivity index (χ0v) is 20.8. The highest BCUT2D eigenvalue weighted by Gasteiger charge is 2.27. The number of nitrogens with zero attached hydrogens (tertiary/aromatic N) is 6. The number of pyridine rings is 1. The van der Waals surface area contributed by atoms with Crippen molar-refractivity contribution in [1.29, 1.82) is 0 Å². The number of piperidine rings is 1. The minimum Gasteiger partial charge on any atom is -0.312 e. The molecule has 180 valence electrons. The van der Waals surface area contributed by atoms with Gasteiger partial charge in [0.1, 0.15) is 5.82 Å². The first-order valence-electron chi connectivity index (χ1n) is 12.2. The van der Waals surface area contributed by atoms with Gasteiger partial charge >= 0.3 is 0 Å². The summed E-state index contributed by atoms with van der Waals surface area (Å²) in [5.41, 5.74) is 6.37. The normalized spacial score (nSPS) is 16.6. The lowest BCUT2D eigenvalue weighted by atomic mass is 10.0. The second-order valence-electron chi connectivity index (χ2n) is 9.86. The number of fused-ring (bicyclic) bond motifs is 1. The minimum absolute atomic E-state index is 0.189. The third kappa shape index (κ3) is 4.82. The van der Waals surface area contributed by atoms with E-state index in [4.69, 9.17) is 4.98 Å². The van der Waals surface area contributed by atoms with Gasteiger partial charge in [0, 0.05) is 54.6 Å². The molecule has 0 bridgehead atoms. The molecule has 35 heavy (non-hydrogen) atoms. The molecule has 1 aliphatic rings. The van der Waals surface area contributed by atoms with E-state index in [1.807, 2.05) is 66.4 Å². The van der Waals surface area contributed by atoms with Crippen molar-refractivity contribution in [1.82, 2.24) is 24.5 Å². The maximum absolute atomic E-state index is 12.7. The Morgan fingerprint density at radius 3 is 2.63 bits per heavy atom. The van der Waals surface area contributed by atoms with Crippen LogP contribution in [0.1, 0.15) is 49.6 Å².